The minimum Gasteiger partial charge on any atom is -0.354 e. The van der Waals surface area contributed by atoms with Gasteiger partial charge in [0.2, 0.25) is 11.2 Å². The average Bonchev–Trinajstić information content (AvgIpc) is 2.14. The predicted octanol–water partition coefficient (Wildman–Crippen LogP) is 0.527. The Hall–Kier alpha value is -1.61. The second-order valence-corrected chi connectivity index (χ2v) is 2.68. The Labute approximate surface area is 86.3 Å². The lowest BCUT2D eigenvalue weighted by Gasteiger charge is -2.03. The van der Waals surface area contributed by atoms with Crippen molar-refractivity contribution in [3.05, 3.63) is 11.1 Å². The van der Waals surface area contributed by atoms with Gasteiger partial charge in [-0.3, -0.25) is 0 Å². The van der Waals surface area contributed by atoms with E-state index in [1.165, 1.54) is 0 Å². The van der Waals surface area contributed by atoms with E-state index >= 15 is 0 Å². The summed E-state index contributed by atoms with van der Waals surface area (Å²) in [6.07, 6.45) is 1.77. The lowest BCUT2D eigenvalue weighted by Crippen LogP contribution is -2.12. The van der Waals surface area contributed by atoms with Crippen molar-refractivity contribution in [3.8, 4) is 6.19 Å². The van der Waals surface area contributed by atoms with E-state index in [0.717, 1.165) is 0 Å². The van der Waals surface area contributed by atoms with E-state index < -0.39 is 0 Å². The average molecular weight is 213 g/mol. The molecule has 0 atom stereocenters. The Morgan fingerprint density at radius 3 is 2.86 bits per heavy atom. The number of nitrogens with zero attached hydrogens (tertiary/aromatic N) is 4. The third-order valence-corrected chi connectivity index (χ3v) is 1.48. The van der Waals surface area contributed by atoms with E-state index in [0.29, 0.717) is 18.3 Å². The summed E-state index contributed by atoms with van der Waals surface area (Å²) >= 11 is 5.65. The smallest absolute Gasteiger partial charge is 0.227 e. The molecule has 0 fully saturated rings. The van der Waals surface area contributed by atoms with E-state index in [9.17, 15) is 0 Å². The van der Waals surface area contributed by atoms with Crippen molar-refractivity contribution in [1.82, 2.24) is 20.3 Å². The summed E-state index contributed by atoms with van der Waals surface area (Å²) in [6, 6.07) is 0. The lowest BCUT2D eigenvalue weighted by molar-refractivity contribution is 0.791. The molecular formula is C7H9ClN6. The number of rotatable bonds is 4. The highest BCUT2D eigenvalue weighted by molar-refractivity contribution is 6.28. The van der Waals surface area contributed by atoms with E-state index in [1.54, 1.807) is 6.19 Å². The molecule has 0 aromatic carbocycles. The summed E-state index contributed by atoms with van der Waals surface area (Å²) in [5.74, 6) is 0.852. The maximum absolute atomic E-state index is 8.29. The third-order valence-electron chi connectivity index (χ3n) is 1.31. The first kappa shape index (κ1) is 10.5. The zero-order valence-corrected chi connectivity index (χ0v) is 8.34. The van der Waals surface area contributed by atoms with E-state index in [2.05, 4.69) is 25.6 Å². The highest BCUT2D eigenvalue weighted by Crippen LogP contribution is 2.05. The van der Waals surface area contributed by atoms with Crippen molar-refractivity contribution < 1.29 is 0 Å². The van der Waals surface area contributed by atoms with Crippen LogP contribution in [0.2, 0.25) is 5.28 Å². The standard InChI is InChI=1S/C7H9ClN6/c1-2-11-7-13-5(3-10-4-9)12-6(8)14-7/h10H,2-3H2,1H3,(H,11,12,13,14). The van der Waals surface area contributed by atoms with Gasteiger partial charge in [0.05, 0.1) is 6.54 Å². The summed E-state index contributed by atoms with van der Waals surface area (Å²) < 4.78 is 0. The minimum atomic E-state index is 0.116. The molecule has 0 saturated carbocycles. The number of halogens is 1. The first-order chi connectivity index (χ1) is 6.76. The first-order valence-electron chi connectivity index (χ1n) is 4.02. The van der Waals surface area contributed by atoms with Gasteiger partial charge >= 0.3 is 0 Å². The fourth-order valence-electron chi connectivity index (χ4n) is 0.826. The van der Waals surface area contributed by atoms with Gasteiger partial charge in [-0.05, 0) is 18.5 Å². The van der Waals surface area contributed by atoms with Gasteiger partial charge < -0.3 is 10.6 Å². The van der Waals surface area contributed by atoms with Crippen molar-refractivity contribution in [3.63, 3.8) is 0 Å². The van der Waals surface area contributed by atoms with Crippen LogP contribution in [0, 0.1) is 11.5 Å². The van der Waals surface area contributed by atoms with Crippen LogP contribution < -0.4 is 10.6 Å². The van der Waals surface area contributed by atoms with Crippen LogP contribution in [0.1, 0.15) is 12.7 Å². The quantitative estimate of drug-likeness (QED) is 0.559. The molecule has 6 nitrogen and oxygen atoms in total. The van der Waals surface area contributed by atoms with Gasteiger partial charge in [-0.1, -0.05) is 0 Å². The number of hydrogen-bond donors (Lipinski definition) is 2. The van der Waals surface area contributed by atoms with E-state index in [1.807, 2.05) is 6.92 Å². The Bertz CT molecular complexity index is 347. The van der Waals surface area contributed by atoms with Crippen molar-refractivity contribution >= 4 is 17.5 Å². The highest BCUT2D eigenvalue weighted by Gasteiger charge is 2.03. The fourth-order valence-corrected chi connectivity index (χ4v) is 1.00. The zero-order chi connectivity index (χ0) is 10.4. The second-order valence-electron chi connectivity index (χ2n) is 2.34. The molecule has 0 aliphatic rings. The maximum Gasteiger partial charge on any atom is 0.227 e. The van der Waals surface area contributed by atoms with Crippen LogP contribution in [0.15, 0.2) is 0 Å². The van der Waals surface area contributed by atoms with Crippen molar-refractivity contribution in [1.29, 1.82) is 5.26 Å². The van der Waals surface area contributed by atoms with Crippen molar-refractivity contribution in [2.24, 2.45) is 0 Å². The summed E-state index contributed by atoms with van der Waals surface area (Å²) in [5.41, 5.74) is 0. The molecule has 0 saturated heterocycles. The number of nitrogens with one attached hydrogen (secondary N) is 2. The number of nitriles is 1. The molecule has 0 unspecified atom stereocenters. The van der Waals surface area contributed by atoms with Crippen LogP contribution in [0.4, 0.5) is 5.95 Å². The molecular weight excluding hydrogens is 204 g/mol. The molecule has 0 amide bonds. The largest absolute Gasteiger partial charge is 0.354 e. The topological polar surface area (TPSA) is 86.5 Å². The number of hydrogen-bond acceptors (Lipinski definition) is 6. The molecule has 0 spiro atoms. The van der Waals surface area contributed by atoms with Crippen LogP contribution in [0.5, 0.6) is 0 Å². The molecule has 0 aliphatic carbocycles. The fraction of sp³-hybridized carbons (Fsp3) is 0.429. The van der Waals surface area contributed by atoms with Gasteiger partial charge in [-0.2, -0.15) is 15.2 Å². The lowest BCUT2D eigenvalue weighted by atomic mass is 10.6. The maximum atomic E-state index is 8.29. The van der Waals surface area contributed by atoms with E-state index in [4.69, 9.17) is 16.9 Å². The Morgan fingerprint density at radius 2 is 2.21 bits per heavy atom. The van der Waals surface area contributed by atoms with Crippen LogP contribution >= 0.6 is 11.6 Å². The first-order valence-corrected chi connectivity index (χ1v) is 4.40. The zero-order valence-electron chi connectivity index (χ0n) is 7.58. The van der Waals surface area contributed by atoms with Gasteiger partial charge in [0.1, 0.15) is 0 Å². The van der Waals surface area contributed by atoms with Crippen LogP contribution in [0.25, 0.3) is 0 Å². The van der Waals surface area contributed by atoms with E-state index in [-0.39, 0.29) is 11.8 Å². The predicted molar refractivity (Wildman–Crippen MR) is 51.5 cm³/mol. The van der Waals surface area contributed by atoms with Gasteiger partial charge in [0.15, 0.2) is 12.0 Å². The molecule has 1 heterocycles. The monoisotopic (exact) mass is 212 g/mol. The normalized spacial score (nSPS) is 9.21. The molecule has 1 aromatic heterocycles. The highest BCUT2D eigenvalue weighted by atomic mass is 35.5. The summed E-state index contributed by atoms with van der Waals surface area (Å²) in [6.45, 7) is 2.87. The van der Waals surface area contributed by atoms with Gasteiger partial charge in [-0.15, -0.1) is 0 Å². The molecule has 0 radical (unpaired) electrons. The molecule has 1 rings (SSSR count). The Morgan fingerprint density at radius 1 is 1.43 bits per heavy atom. The third kappa shape index (κ3) is 3.03. The molecule has 14 heavy (non-hydrogen) atoms. The molecule has 7 heteroatoms. The van der Waals surface area contributed by atoms with Gasteiger partial charge in [0.25, 0.3) is 0 Å². The summed E-state index contributed by atoms with van der Waals surface area (Å²) in [5, 5.41) is 13.7. The Kier molecular flexibility index (Phi) is 3.88. The molecule has 74 valence electrons. The molecule has 0 aliphatic heterocycles. The number of aromatic nitrogens is 3. The van der Waals surface area contributed by atoms with Crippen LogP contribution in [-0.4, -0.2) is 21.5 Å². The van der Waals surface area contributed by atoms with Crippen molar-refractivity contribution in [2.75, 3.05) is 11.9 Å². The SMILES string of the molecule is CCNc1nc(Cl)nc(CNC#N)n1. The van der Waals surface area contributed by atoms with Gasteiger partial charge in [0, 0.05) is 6.54 Å². The minimum absolute atomic E-state index is 0.116. The van der Waals surface area contributed by atoms with Crippen molar-refractivity contribution in [2.45, 2.75) is 13.5 Å². The summed E-state index contributed by atoms with van der Waals surface area (Å²) in [7, 11) is 0. The summed E-state index contributed by atoms with van der Waals surface area (Å²) in [4.78, 5) is 11.7. The molecule has 0 bridgehead atoms. The number of anilines is 1. The van der Waals surface area contributed by atoms with Crippen LogP contribution in [0.3, 0.4) is 0 Å². The second kappa shape index (κ2) is 5.19. The Balaban J connectivity index is 2.79. The molecule has 2 N–H and O–H groups in total. The van der Waals surface area contributed by atoms with Gasteiger partial charge in [-0.25, -0.2) is 4.98 Å². The van der Waals surface area contributed by atoms with Crippen LogP contribution in [-0.2, 0) is 6.54 Å². The molecule has 1 aromatic rings.